The van der Waals surface area contributed by atoms with Crippen molar-refractivity contribution in [3.8, 4) is 0 Å². The molecule has 3 unspecified atom stereocenters. The topological polar surface area (TPSA) is 255 Å². The van der Waals surface area contributed by atoms with E-state index in [-0.39, 0.29) is 58.2 Å². The number of esters is 1. The van der Waals surface area contributed by atoms with Gasteiger partial charge < -0.3 is 74.4 Å². The van der Waals surface area contributed by atoms with E-state index in [0.29, 0.717) is 25.2 Å². The highest BCUT2D eigenvalue weighted by molar-refractivity contribution is 5.79. The Morgan fingerprint density at radius 2 is 1.35 bits per heavy atom. The van der Waals surface area contributed by atoms with Crippen molar-refractivity contribution in [3.05, 3.63) is 11.6 Å². The van der Waals surface area contributed by atoms with Crippen LogP contribution in [-0.4, -0.2) is 158 Å². The smallest absolute Gasteiger partial charge is 0.315 e. The molecule has 4 saturated carbocycles. The zero-order valence-corrected chi connectivity index (χ0v) is 37.5. The summed E-state index contributed by atoms with van der Waals surface area (Å²) in [7, 11) is 0. The van der Waals surface area contributed by atoms with Crippen LogP contribution in [0, 0.1) is 50.2 Å². The molecule has 3 saturated heterocycles. The van der Waals surface area contributed by atoms with E-state index in [4.69, 9.17) is 28.4 Å². The predicted molar refractivity (Wildman–Crippen MR) is 218 cm³/mol. The van der Waals surface area contributed by atoms with Gasteiger partial charge in [0, 0.05) is 0 Å². The van der Waals surface area contributed by atoms with Crippen LogP contribution >= 0.6 is 0 Å². The third-order valence-corrected chi connectivity index (χ3v) is 18.5. The minimum Gasteiger partial charge on any atom is -0.432 e. The quantitative estimate of drug-likeness (QED) is 0.0996. The normalized spacial score (nSPS) is 53.5. The molecule has 0 radical (unpaired) electrons. The van der Waals surface area contributed by atoms with E-state index in [2.05, 4.69) is 54.5 Å². The summed E-state index contributed by atoms with van der Waals surface area (Å²) in [5, 5.41) is 94.3. The number of aliphatic hydroxyl groups is 9. The highest BCUT2D eigenvalue weighted by atomic mass is 16.7. The fourth-order valence-corrected chi connectivity index (χ4v) is 14.5. The summed E-state index contributed by atoms with van der Waals surface area (Å²) < 4.78 is 35.4. The van der Waals surface area contributed by atoms with Crippen molar-refractivity contribution in [1.29, 1.82) is 0 Å². The number of carbonyl (C=O) groups excluding carboxylic acids is 1. The van der Waals surface area contributed by atoms with Crippen LogP contribution in [0.4, 0.5) is 0 Å². The van der Waals surface area contributed by atoms with Crippen LogP contribution in [-0.2, 0) is 33.2 Å². The molecule has 16 nitrogen and oxygen atoms in total. The molecule has 0 aromatic carbocycles. The van der Waals surface area contributed by atoms with Crippen LogP contribution in [0.1, 0.15) is 113 Å². The second-order valence-corrected chi connectivity index (χ2v) is 22.6. The summed E-state index contributed by atoms with van der Waals surface area (Å²) in [4.78, 5) is 14.9. The van der Waals surface area contributed by atoms with Crippen LogP contribution in [0.3, 0.4) is 0 Å². The van der Waals surface area contributed by atoms with Crippen LogP contribution in [0.25, 0.3) is 0 Å². The zero-order chi connectivity index (χ0) is 45.1. The molecule has 0 amide bonds. The van der Waals surface area contributed by atoms with Gasteiger partial charge >= 0.3 is 5.97 Å². The van der Waals surface area contributed by atoms with Crippen LogP contribution in [0.2, 0.25) is 0 Å². The van der Waals surface area contributed by atoms with E-state index in [0.717, 1.165) is 44.9 Å². The largest absolute Gasteiger partial charge is 0.432 e. The first kappa shape index (κ1) is 47.2. The van der Waals surface area contributed by atoms with E-state index in [1.54, 1.807) is 0 Å². The molecule has 0 spiro atoms. The zero-order valence-electron chi connectivity index (χ0n) is 37.5. The number of hydrogen-bond acceptors (Lipinski definition) is 16. The Kier molecular flexibility index (Phi) is 12.5. The molecule has 62 heavy (non-hydrogen) atoms. The van der Waals surface area contributed by atoms with Gasteiger partial charge in [0.1, 0.15) is 61.0 Å². The lowest BCUT2D eigenvalue weighted by Gasteiger charge is -2.71. The molecule has 8 aliphatic rings. The molecule has 5 aliphatic carbocycles. The molecule has 0 aromatic rings. The molecule has 9 N–H and O–H groups in total. The van der Waals surface area contributed by atoms with Crippen molar-refractivity contribution in [2.75, 3.05) is 19.8 Å². The minimum absolute atomic E-state index is 0.0405. The number of allylic oxidation sites excluding steroid dienone is 2. The Labute approximate surface area is 364 Å². The summed E-state index contributed by atoms with van der Waals surface area (Å²) in [6.07, 6.45) is -8.40. The van der Waals surface area contributed by atoms with Crippen molar-refractivity contribution in [2.45, 2.75) is 199 Å². The fraction of sp³-hybridized carbons (Fsp3) is 0.935. The maximum absolute atomic E-state index is 14.9. The predicted octanol–water partition coefficient (Wildman–Crippen LogP) is 1.42. The maximum atomic E-state index is 14.9. The first-order valence-corrected chi connectivity index (χ1v) is 23.1. The summed E-state index contributed by atoms with van der Waals surface area (Å²) in [5.41, 5.74) is -0.312. The van der Waals surface area contributed by atoms with Gasteiger partial charge in [-0.1, -0.05) is 60.1 Å². The van der Waals surface area contributed by atoms with Gasteiger partial charge in [-0.15, -0.1) is 0 Å². The van der Waals surface area contributed by atoms with Gasteiger partial charge in [-0.3, -0.25) is 4.79 Å². The Morgan fingerprint density at radius 1 is 0.694 bits per heavy atom. The average molecular weight is 883 g/mol. The minimum atomic E-state index is -1.65. The molecule has 3 heterocycles. The second-order valence-electron chi connectivity index (χ2n) is 22.6. The highest BCUT2D eigenvalue weighted by Gasteiger charge is 2.70. The number of fused-ring (bicyclic) bond motifs is 7. The summed E-state index contributed by atoms with van der Waals surface area (Å²) in [6, 6.07) is 0. The van der Waals surface area contributed by atoms with E-state index in [9.17, 15) is 50.8 Å². The number of rotatable bonds is 7. The second kappa shape index (κ2) is 16.5. The number of hydrogen-bond donors (Lipinski definition) is 9. The number of carbonyl (C=O) groups is 1. The standard InChI is InChI=1S/C46H74O16/c1-41(2)14-16-46(40(56)62-38-35(55)36(25(49)21-58-38)61-37-33(53)30(50)24(48)20-57-37)17-15-44(6)22(23(46)18-41)8-9-28-43(5)12-11-29(42(3,4)27(43)10-13-45(28,44)7)60-39-34(54)32(52)31(51)26(19-47)59-39/h8,23-39,47-55H,9-21H2,1-7H3/t23?,24-,25-,26-,27?,28?,29+,30+,31-,32+,33-,34-,35-,36+,37+,38+,39+,43+,44-,45-,46+/m1/s1. The monoisotopic (exact) mass is 882 g/mol. The third kappa shape index (κ3) is 7.28. The lowest BCUT2D eigenvalue weighted by molar-refractivity contribution is -0.332. The molecule has 354 valence electrons. The van der Waals surface area contributed by atoms with Gasteiger partial charge in [0.2, 0.25) is 6.29 Å². The Hall–Kier alpha value is -1.35. The molecule has 0 aromatic heterocycles. The van der Waals surface area contributed by atoms with Crippen molar-refractivity contribution >= 4 is 5.97 Å². The van der Waals surface area contributed by atoms with Crippen LogP contribution in [0.15, 0.2) is 11.6 Å². The van der Waals surface area contributed by atoms with E-state index >= 15 is 0 Å². The number of aliphatic hydroxyl groups excluding tert-OH is 9. The molecule has 3 aliphatic heterocycles. The Balaban J connectivity index is 1.02. The van der Waals surface area contributed by atoms with Crippen LogP contribution in [0.5, 0.6) is 0 Å². The van der Waals surface area contributed by atoms with Crippen molar-refractivity contribution in [1.82, 2.24) is 0 Å². The van der Waals surface area contributed by atoms with Crippen LogP contribution < -0.4 is 0 Å². The first-order valence-electron chi connectivity index (χ1n) is 23.1. The van der Waals surface area contributed by atoms with Gasteiger partial charge in [-0.25, -0.2) is 0 Å². The molecule has 8 rings (SSSR count). The molecule has 7 fully saturated rings. The first-order chi connectivity index (χ1) is 29.0. The van der Waals surface area contributed by atoms with Crippen molar-refractivity contribution < 1.29 is 79.2 Å². The van der Waals surface area contributed by atoms with Gasteiger partial charge in [0.05, 0.1) is 31.3 Å². The summed E-state index contributed by atoms with van der Waals surface area (Å²) in [6.45, 7) is 15.1. The fourth-order valence-electron chi connectivity index (χ4n) is 14.5. The van der Waals surface area contributed by atoms with E-state index in [1.807, 2.05) is 0 Å². The van der Waals surface area contributed by atoms with E-state index in [1.165, 1.54) is 5.57 Å². The lowest BCUT2D eigenvalue weighted by Crippen LogP contribution is -2.66. The summed E-state index contributed by atoms with van der Waals surface area (Å²) in [5.74, 6) is 0.0302. The maximum Gasteiger partial charge on any atom is 0.315 e. The van der Waals surface area contributed by atoms with Gasteiger partial charge in [-0.2, -0.15) is 0 Å². The van der Waals surface area contributed by atoms with Gasteiger partial charge in [-0.05, 0) is 109 Å². The Morgan fingerprint density at radius 3 is 2.06 bits per heavy atom. The van der Waals surface area contributed by atoms with Crippen molar-refractivity contribution in [3.63, 3.8) is 0 Å². The molecular weight excluding hydrogens is 808 g/mol. The van der Waals surface area contributed by atoms with Gasteiger partial charge in [0.15, 0.2) is 12.6 Å². The third-order valence-electron chi connectivity index (χ3n) is 18.5. The van der Waals surface area contributed by atoms with Gasteiger partial charge in [0.25, 0.3) is 0 Å². The molecule has 16 heteroatoms. The molecule has 21 atom stereocenters. The lowest BCUT2D eigenvalue weighted by atomic mass is 9.33. The summed E-state index contributed by atoms with van der Waals surface area (Å²) >= 11 is 0. The van der Waals surface area contributed by atoms with E-state index < -0.39 is 97.9 Å². The molecular formula is C46H74O16. The van der Waals surface area contributed by atoms with Crippen molar-refractivity contribution in [2.24, 2.45) is 50.2 Å². The molecule has 0 bridgehead atoms. The SMILES string of the molecule is CC1(C)CC[C@]2(C(=O)O[C@@H]3OC[C@@H](O)[C@H](O[C@@H]4OC[C@@H](O)[C@H](O)[C@H]4O)[C@H]3O)CC[C@]3(C)C(=CCC4[C@@]5(C)CC[C@H](O[C@@H]6O[C@H](CO)[C@@H](O)[C@H](O)[C@H]6O)C(C)(C)C5CC[C@]43C)C2C1. The highest BCUT2D eigenvalue weighted by Crippen LogP contribution is 2.76. The number of ether oxygens (including phenoxy) is 6. The Bertz CT molecular complexity index is 1690. The average Bonchev–Trinajstić information content (AvgIpc) is 3.21.